The molecule has 3 fully saturated rings. The van der Waals surface area contributed by atoms with Gasteiger partial charge in [-0.1, -0.05) is 0 Å². The number of hydrogen-bond donors (Lipinski definition) is 2. The van der Waals surface area contributed by atoms with Gasteiger partial charge in [0.1, 0.15) is 6.61 Å². The Kier molecular flexibility index (Phi) is 2.67. The molecule has 96 valence electrons. The summed E-state index contributed by atoms with van der Waals surface area (Å²) in [4.78, 5) is 11.7. The fraction of sp³-hybridized carbons (Fsp3) is 0.923. The van der Waals surface area contributed by atoms with Crippen LogP contribution >= 0.6 is 0 Å². The zero-order valence-corrected chi connectivity index (χ0v) is 10.6. The summed E-state index contributed by atoms with van der Waals surface area (Å²) in [7, 11) is 0. The summed E-state index contributed by atoms with van der Waals surface area (Å²) in [5, 5.41) is 6.20. The van der Waals surface area contributed by atoms with E-state index in [9.17, 15) is 4.79 Å². The molecule has 0 aromatic rings. The van der Waals surface area contributed by atoms with Crippen molar-refractivity contribution < 1.29 is 9.53 Å². The van der Waals surface area contributed by atoms with Gasteiger partial charge < -0.3 is 15.4 Å². The van der Waals surface area contributed by atoms with Crippen molar-refractivity contribution in [1.29, 1.82) is 0 Å². The standard InChI is InChI=1S/C13H22N2O2/c1-12(7-14-8-12)17-6-11(16)15-9-13(4-5-13)10-2-3-10/h10,14H,2-9H2,1H3,(H,15,16). The molecule has 4 nitrogen and oxygen atoms in total. The fourth-order valence-electron chi connectivity index (χ4n) is 2.73. The van der Waals surface area contributed by atoms with Gasteiger partial charge in [0.05, 0.1) is 5.60 Å². The quantitative estimate of drug-likeness (QED) is 0.715. The molecule has 0 aromatic heterocycles. The minimum absolute atomic E-state index is 0.0463. The Balaban J connectivity index is 1.36. The number of rotatable bonds is 6. The predicted octanol–water partition coefficient (Wildman–Crippen LogP) is 0.671. The van der Waals surface area contributed by atoms with Gasteiger partial charge in [-0.25, -0.2) is 0 Å². The molecule has 1 amide bonds. The monoisotopic (exact) mass is 238 g/mol. The summed E-state index contributed by atoms with van der Waals surface area (Å²) in [5.41, 5.74) is 0.364. The summed E-state index contributed by atoms with van der Waals surface area (Å²) in [6, 6.07) is 0. The van der Waals surface area contributed by atoms with E-state index in [0.29, 0.717) is 5.41 Å². The molecule has 0 atom stereocenters. The average molecular weight is 238 g/mol. The first kappa shape index (κ1) is 11.5. The molecule has 2 aliphatic carbocycles. The maximum Gasteiger partial charge on any atom is 0.246 e. The summed E-state index contributed by atoms with van der Waals surface area (Å²) in [6.07, 6.45) is 5.35. The van der Waals surface area contributed by atoms with Crippen LogP contribution in [-0.4, -0.2) is 37.7 Å². The maximum atomic E-state index is 11.7. The van der Waals surface area contributed by atoms with Crippen LogP contribution < -0.4 is 10.6 Å². The number of ether oxygens (including phenoxy) is 1. The summed E-state index contributed by atoms with van der Waals surface area (Å²) >= 11 is 0. The number of amides is 1. The Labute approximate surface area is 102 Å². The summed E-state index contributed by atoms with van der Waals surface area (Å²) < 4.78 is 5.61. The molecule has 2 saturated carbocycles. The topological polar surface area (TPSA) is 50.4 Å². The fourth-order valence-corrected chi connectivity index (χ4v) is 2.73. The van der Waals surface area contributed by atoms with Gasteiger partial charge in [0, 0.05) is 19.6 Å². The molecule has 4 heteroatoms. The number of carbonyl (C=O) groups is 1. The van der Waals surface area contributed by atoms with E-state index < -0.39 is 0 Å². The van der Waals surface area contributed by atoms with Gasteiger partial charge in [-0.15, -0.1) is 0 Å². The number of nitrogens with one attached hydrogen (secondary N) is 2. The van der Waals surface area contributed by atoms with Crippen molar-refractivity contribution in [2.24, 2.45) is 11.3 Å². The van der Waals surface area contributed by atoms with Crippen molar-refractivity contribution in [1.82, 2.24) is 10.6 Å². The van der Waals surface area contributed by atoms with E-state index in [0.717, 1.165) is 25.6 Å². The largest absolute Gasteiger partial charge is 0.363 e. The van der Waals surface area contributed by atoms with Gasteiger partial charge in [0.15, 0.2) is 0 Å². The second-order valence-electron chi connectivity index (χ2n) is 6.26. The molecule has 17 heavy (non-hydrogen) atoms. The molecule has 0 radical (unpaired) electrons. The highest BCUT2D eigenvalue weighted by Crippen LogP contribution is 2.60. The molecule has 3 rings (SSSR count). The molecule has 1 heterocycles. The molecule has 3 aliphatic rings. The highest BCUT2D eigenvalue weighted by Gasteiger charge is 2.53. The maximum absolute atomic E-state index is 11.7. The molecule has 0 aromatic carbocycles. The van der Waals surface area contributed by atoms with E-state index >= 15 is 0 Å². The van der Waals surface area contributed by atoms with Crippen LogP contribution in [0.15, 0.2) is 0 Å². The van der Waals surface area contributed by atoms with Crippen molar-refractivity contribution in [3.05, 3.63) is 0 Å². The van der Waals surface area contributed by atoms with Crippen molar-refractivity contribution in [2.75, 3.05) is 26.2 Å². The molecule has 2 N–H and O–H groups in total. The molecule has 0 unspecified atom stereocenters. The van der Waals surface area contributed by atoms with Gasteiger partial charge in [-0.3, -0.25) is 4.79 Å². The SMILES string of the molecule is CC1(OCC(=O)NCC2(C3CC3)CC2)CNC1. The van der Waals surface area contributed by atoms with Crippen molar-refractivity contribution in [2.45, 2.75) is 38.2 Å². The van der Waals surface area contributed by atoms with Crippen molar-refractivity contribution in [3.8, 4) is 0 Å². The lowest BCUT2D eigenvalue weighted by Crippen LogP contribution is -2.59. The Morgan fingerprint density at radius 2 is 2.12 bits per heavy atom. The normalized spacial score (nSPS) is 28.3. The Morgan fingerprint density at radius 1 is 1.41 bits per heavy atom. The lowest BCUT2D eigenvalue weighted by molar-refractivity contribution is -0.136. The van der Waals surface area contributed by atoms with E-state index in [1.165, 1.54) is 25.7 Å². The molecule has 1 aliphatic heterocycles. The Morgan fingerprint density at radius 3 is 2.59 bits per heavy atom. The Bertz CT molecular complexity index is 317. The highest BCUT2D eigenvalue weighted by atomic mass is 16.5. The second-order valence-corrected chi connectivity index (χ2v) is 6.26. The molecule has 1 saturated heterocycles. The first-order valence-electron chi connectivity index (χ1n) is 6.73. The van der Waals surface area contributed by atoms with Crippen LogP contribution in [0.3, 0.4) is 0 Å². The zero-order chi connectivity index (χ0) is 11.9. The smallest absolute Gasteiger partial charge is 0.246 e. The third-order valence-electron chi connectivity index (χ3n) is 4.52. The molecule has 0 bridgehead atoms. The van der Waals surface area contributed by atoms with E-state index in [1.807, 2.05) is 6.92 Å². The van der Waals surface area contributed by atoms with Crippen LogP contribution in [0.5, 0.6) is 0 Å². The van der Waals surface area contributed by atoms with Gasteiger partial charge in [-0.2, -0.15) is 0 Å². The molecular weight excluding hydrogens is 216 g/mol. The first-order valence-corrected chi connectivity index (χ1v) is 6.73. The van der Waals surface area contributed by atoms with Crippen LogP contribution in [0.2, 0.25) is 0 Å². The van der Waals surface area contributed by atoms with E-state index in [2.05, 4.69) is 10.6 Å². The van der Waals surface area contributed by atoms with Gasteiger partial charge in [-0.05, 0) is 43.9 Å². The minimum Gasteiger partial charge on any atom is -0.363 e. The van der Waals surface area contributed by atoms with Crippen LogP contribution in [0.25, 0.3) is 0 Å². The first-order chi connectivity index (χ1) is 8.12. The van der Waals surface area contributed by atoms with Crippen LogP contribution in [-0.2, 0) is 9.53 Å². The second kappa shape index (κ2) is 3.95. The van der Waals surface area contributed by atoms with Crippen LogP contribution in [0, 0.1) is 11.3 Å². The average Bonchev–Trinajstić information content (AvgIpc) is 3.13. The summed E-state index contributed by atoms with van der Waals surface area (Å²) in [6.45, 7) is 4.83. The predicted molar refractivity (Wildman–Crippen MR) is 64.6 cm³/mol. The lowest BCUT2D eigenvalue weighted by Gasteiger charge is -2.38. The van der Waals surface area contributed by atoms with E-state index in [-0.39, 0.29) is 18.1 Å². The van der Waals surface area contributed by atoms with Crippen LogP contribution in [0.4, 0.5) is 0 Å². The number of carbonyl (C=O) groups excluding carboxylic acids is 1. The highest BCUT2D eigenvalue weighted by molar-refractivity contribution is 5.77. The third-order valence-corrected chi connectivity index (χ3v) is 4.52. The van der Waals surface area contributed by atoms with Crippen molar-refractivity contribution >= 4 is 5.91 Å². The molecule has 0 spiro atoms. The van der Waals surface area contributed by atoms with E-state index in [4.69, 9.17) is 4.74 Å². The lowest BCUT2D eigenvalue weighted by atomic mass is 10.00. The van der Waals surface area contributed by atoms with Gasteiger partial charge >= 0.3 is 0 Å². The minimum atomic E-state index is -0.120. The van der Waals surface area contributed by atoms with Crippen molar-refractivity contribution in [3.63, 3.8) is 0 Å². The van der Waals surface area contributed by atoms with Crippen LogP contribution in [0.1, 0.15) is 32.6 Å². The Hall–Kier alpha value is -0.610. The van der Waals surface area contributed by atoms with Gasteiger partial charge in [0.25, 0.3) is 0 Å². The third kappa shape index (κ3) is 2.47. The van der Waals surface area contributed by atoms with Gasteiger partial charge in [0.2, 0.25) is 5.91 Å². The number of hydrogen-bond acceptors (Lipinski definition) is 3. The zero-order valence-electron chi connectivity index (χ0n) is 10.6. The molecular formula is C13H22N2O2. The van der Waals surface area contributed by atoms with E-state index in [1.54, 1.807) is 0 Å². The summed E-state index contributed by atoms with van der Waals surface area (Å²) in [5.74, 6) is 0.946.